The van der Waals surface area contributed by atoms with Gasteiger partial charge in [0.25, 0.3) is 5.56 Å². The number of hydrogen-bond donors (Lipinski definition) is 1. The van der Waals surface area contributed by atoms with Crippen LogP contribution in [0.3, 0.4) is 0 Å². The van der Waals surface area contributed by atoms with E-state index in [1.54, 1.807) is 19.1 Å². The Labute approximate surface area is 231 Å². The van der Waals surface area contributed by atoms with Crippen molar-refractivity contribution < 1.29 is 27.8 Å². The molecule has 1 aromatic carbocycles. The molecule has 1 N–H and O–H groups in total. The van der Waals surface area contributed by atoms with Crippen molar-refractivity contribution in [3.63, 3.8) is 0 Å². The average molecular weight is 581 g/mol. The van der Waals surface area contributed by atoms with Gasteiger partial charge in [-0.2, -0.15) is 13.2 Å². The van der Waals surface area contributed by atoms with Crippen LogP contribution in [0.15, 0.2) is 56.6 Å². The summed E-state index contributed by atoms with van der Waals surface area (Å²) in [7, 11) is 1.41. The zero-order valence-corrected chi connectivity index (χ0v) is 22.6. The van der Waals surface area contributed by atoms with Crippen LogP contribution in [0.1, 0.15) is 49.1 Å². The van der Waals surface area contributed by atoms with Crippen molar-refractivity contribution in [2.75, 3.05) is 13.2 Å². The van der Waals surface area contributed by atoms with Gasteiger partial charge >= 0.3 is 17.8 Å². The predicted octanol–water partition coefficient (Wildman–Crippen LogP) is 3.84. The van der Waals surface area contributed by atoms with E-state index >= 15 is 0 Å². The van der Waals surface area contributed by atoms with Gasteiger partial charge in [-0.1, -0.05) is 41.4 Å². The number of ether oxygens (including phenoxy) is 1. The van der Waals surface area contributed by atoms with E-state index in [1.165, 1.54) is 23.7 Å². The molecule has 3 aromatic rings. The zero-order chi connectivity index (χ0) is 29.2. The molecule has 1 atom stereocenters. The standard InChI is InChI=1S/C27H28ClF3N4O5/c1-3-40-25(38)20(17-6-4-7-18(14-17)27(29,30)31)22-32-23-21(35(22)15-16-8-10-19(28)11-9-16)24(37)34(12-5-13-36)26(39)33(23)2/h4,6-8,10,14,20,36H,3,5,9,11-13,15H2,1-2H3. The van der Waals surface area contributed by atoms with Gasteiger partial charge in [0, 0.05) is 31.8 Å². The largest absolute Gasteiger partial charge is 0.465 e. The van der Waals surface area contributed by atoms with Crippen LogP contribution in [-0.4, -0.2) is 43.0 Å². The Morgan fingerprint density at radius 1 is 1.20 bits per heavy atom. The molecule has 2 heterocycles. The molecule has 0 aliphatic heterocycles. The Hall–Kier alpha value is -3.64. The third-order valence-electron chi connectivity index (χ3n) is 6.68. The number of halogens is 4. The Morgan fingerprint density at radius 3 is 2.58 bits per heavy atom. The van der Waals surface area contributed by atoms with Gasteiger partial charge in [0.15, 0.2) is 11.2 Å². The second-order valence-electron chi connectivity index (χ2n) is 9.35. The number of rotatable bonds is 9. The highest BCUT2D eigenvalue weighted by Gasteiger charge is 2.36. The summed E-state index contributed by atoms with van der Waals surface area (Å²) < 4.78 is 49.7. The van der Waals surface area contributed by atoms with E-state index in [4.69, 9.17) is 16.3 Å². The molecule has 4 rings (SSSR count). The number of fused-ring (bicyclic) bond motifs is 1. The number of allylic oxidation sites excluding steroid dienone is 4. The minimum absolute atomic E-state index is 0.00198. The fourth-order valence-corrected chi connectivity index (χ4v) is 4.85. The zero-order valence-electron chi connectivity index (χ0n) is 21.9. The molecule has 0 saturated heterocycles. The lowest BCUT2D eigenvalue weighted by atomic mass is 9.95. The van der Waals surface area contributed by atoms with E-state index in [2.05, 4.69) is 4.98 Å². The van der Waals surface area contributed by atoms with Crippen molar-refractivity contribution in [1.82, 2.24) is 18.7 Å². The van der Waals surface area contributed by atoms with Crippen molar-refractivity contribution >= 4 is 28.7 Å². The molecule has 2 aromatic heterocycles. The summed E-state index contributed by atoms with van der Waals surface area (Å²) in [6.45, 7) is 1.27. The first-order valence-corrected chi connectivity index (χ1v) is 13.0. The van der Waals surface area contributed by atoms with Gasteiger partial charge in [0.2, 0.25) is 0 Å². The lowest BCUT2D eigenvalue weighted by Crippen LogP contribution is -2.40. The number of carbonyl (C=O) groups is 1. The summed E-state index contributed by atoms with van der Waals surface area (Å²) in [5, 5.41) is 9.92. The van der Waals surface area contributed by atoms with Crippen molar-refractivity contribution in [3.8, 4) is 0 Å². The predicted molar refractivity (Wildman–Crippen MR) is 142 cm³/mol. The molecule has 9 nitrogen and oxygen atoms in total. The normalized spacial score (nSPS) is 14.7. The lowest BCUT2D eigenvalue weighted by molar-refractivity contribution is -0.144. The number of hydrogen-bond acceptors (Lipinski definition) is 6. The number of nitrogens with zero attached hydrogens (tertiary/aromatic N) is 4. The summed E-state index contributed by atoms with van der Waals surface area (Å²) in [5.41, 5.74) is -1.57. The average Bonchev–Trinajstić information content (AvgIpc) is 3.27. The highest BCUT2D eigenvalue weighted by Crippen LogP contribution is 2.35. The highest BCUT2D eigenvalue weighted by atomic mass is 35.5. The number of imidazole rings is 1. The second kappa shape index (κ2) is 11.8. The number of esters is 1. The maximum atomic E-state index is 13.7. The molecule has 0 amide bonds. The van der Waals surface area contributed by atoms with Crippen LogP contribution in [0, 0.1) is 0 Å². The van der Waals surface area contributed by atoms with E-state index in [-0.39, 0.29) is 55.3 Å². The van der Waals surface area contributed by atoms with E-state index in [9.17, 15) is 32.7 Å². The van der Waals surface area contributed by atoms with Crippen LogP contribution in [-0.2, 0) is 35.8 Å². The summed E-state index contributed by atoms with van der Waals surface area (Å²) >= 11 is 6.11. The highest BCUT2D eigenvalue weighted by molar-refractivity contribution is 6.29. The molecule has 0 saturated carbocycles. The van der Waals surface area contributed by atoms with E-state index < -0.39 is 34.9 Å². The number of aliphatic hydroxyl groups excluding tert-OH is 1. The topological polar surface area (TPSA) is 108 Å². The monoisotopic (exact) mass is 580 g/mol. The third kappa shape index (κ3) is 5.78. The minimum Gasteiger partial charge on any atom is -0.465 e. The van der Waals surface area contributed by atoms with Gasteiger partial charge in [0.1, 0.15) is 11.7 Å². The molecule has 214 valence electrons. The first-order valence-electron chi connectivity index (χ1n) is 12.7. The van der Waals surface area contributed by atoms with Crippen LogP contribution in [0.25, 0.3) is 11.2 Å². The second-order valence-corrected chi connectivity index (χ2v) is 9.84. The summed E-state index contributed by atoms with van der Waals surface area (Å²) in [5.74, 6) is -2.33. The van der Waals surface area contributed by atoms with Gasteiger partial charge in [-0.05, 0) is 43.9 Å². The number of aliphatic hydroxyl groups is 1. The summed E-state index contributed by atoms with van der Waals surface area (Å²) in [6, 6.07) is 4.29. The minimum atomic E-state index is -4.67. The van der Waals surface area contributed by atoms with Crippen LogP contribution >= 0.6 is 11.6 Å². The molecule has 1 aliphatic rings. The lowest BCUT2D eigenvalue weighted by Gasteiger charge is -2.20. The van der Waals surface area contributed by atoms with Gasteiger partial charge in [-0.15, -0.1) is 0 Å². The fraction of sp³-hybridized carbons (Fsp3) is 0.407. The molecule has 13 heteroatoms. The van der Waals surface area contributed by atoms with Crippen molar-refractivity contribution in [2.24, 2.45) is 7.05 Å². The summed E-state index contributed by atoms with van der Waals surface area (Å²) in [6.07, 6.45) is 0.0431. The van der Waals surface area contributed by atoms with Crippen molar-refractivity contribution in [2.45, 2.75) is 51.4 Å². The molecule has 1 unspecified atom stereocenters. The third-order valence-corrected chi connectivity index (χ3v) is 6.99. The first-order chi connectivity index (χ1) is 19.0. The Balaban J connectivity index is 2.05. The van der Waals surface area contributed by atoms with Gasteiger partial charge in [-0.3, -0.25) is 18.7 Å². The number of benzene rings is 1. The van der Waals surface area contributed by atoms with Crippen LogP contribution in [0.2, 0.25) is 0 Å². The SMILES string of the molecule is CCOC(=O)C(c1cccc(C(F)(F)F)c1)c1nc2c(c(=O)n(CCCO)c(=O)n2C)n1CC1=CC=C(Cl)CC1. The van der Waals surface area contributed by atoms with Crippen molar-refractivity contribution in [1.29, 1.82) is 0 Å². The van der Waals surface area contributed by atoms with Crippen LogP contribution in [0.4, 0.5) is 13.2 Å². The van der Waals surface area contributed by atoms with Crippen molar-refractivity contribution in [3.05, 3.63) is 84.8 Å². The number of aromatic nitrogens is 4. The maximum absolute atomic E-state index is 13.7. The molecular formula is C27H28ClF3N4O5. The molecular weight excluding hydrogens is 553 g/mol. The molecule has 1 aliphatic carbocycles. The number of alkyl halides is 3. The number of aryl methyl sites for hydroxylation is 1. The van der Waals surface area contributed by atoms with E-state index in [0.717, 1.165) is 26.8 Å². The summed E-state index contributed by atoms with van der Waals surface area (Å²) in [4.78, 5) is 44.6. The van der Waals surface area contributed by atoms with Gasteiger partial charge in [-0.25, -0.2) is 9.78 Å². The van der Waals surface area contributed by atoms with Gasteiger partial charge in [0.05, 0.1) is 12.2 Å². The molecule has 40 heavy (non-hydrogen) atoms. The Morgan fingerprint density at radius 2 is 1.95 bits per heavy atom. The molecule has 0 radical (unpaired) electrons. The maximum Gasteiger partial charge on any atom is 0.416 e. The quantitative estimate of drug-likeness (QED) is 0.385. The molecule has 0 fully saturated rings. The van der Waals surface area contributed by atoms with E-state index in [0.29, 0.717) is 17.9 Å². The van der Waals surface area contributed by atoms with E-state index in [1.807, 2.05) is 0 Å². The Bertz CT molecular complexity index is 1620. The van der Waals surface area contributed by atoms with Crippen LogP contribution in [0.5, 0.6) is 0 Å². The first kappa shape index (κ1) is 29.3. The smallest absolute Gasteiger partial charge is 0.416 e. The van der Waals surface area contributed by atoms with Gasteiger partial charge < -0.3 is 14.4 Å². The molecule has 0 bridgehead atoms. The fourth-order valence-electron chi connectivity index (χ4n) is 4.70. The number of carbonyl (C=O) groups excluding carboxylic acids is 1. The molecule has 0 spiro atoms. The Kier molecular flexibility index (Phi) is 8.69. The van der Waals surface area contributed by atoms with Crippen LogP contribution < -0.4 is 11.2 Å².